The molecular weight excluding hydrogens is 283 g/mol. The molecule has 0 spiro atoms. The number of rotatable bonds is 6. The maximum atomic E-state index is 12.3. The third-order valence-corrected chi connectivity index (χ3v) is 2.80. The zero-order valence-corrected chi connectivity index (χ0v) is 11.5. The van der Waals surface area contributed by atoms with Crippen molar-refractivity contribution >= 4 is 5.91 Å². The lowest BCUT2D eigenvalue weighted by atomic mass is 10.1. The van der Waals surface area contributed by atoms with Gasteiger partial charge in [-0.1, -0.05) is 17.7 Å². The minimum Gasteiger partial charge on any atom is -0.351 e. The van der Waals surface area contributed by atoms with E-state index in [0.29, 0.717) is 5.56 Å². The predicted octanol–water partition coefficient (Wildman–Crippen LogP) is 2.02. The Morgan fingerprint density at radius 3 is 2.43 bits per heavy atom. The van der Waals surface area contributed by atoms with E-state index in [1.54, 1.807) is 24.3 Å². The molecule has 21 heavy (non-hydrogen) atoms. The number of alkyl halides is 3. The van der Waals surface area contributed by atoms with Crippen LogP contribution in [0.25, 0.3) is 0 Å². The highest BCUT2D eigenvalue weighted by Crippen LogP contribution is 2.24. The average Bonchev–Trinajstić information content (AvgIpc) is 2.41. The fourth-order valence-electron chi connectivity index (χ4n) is 1.55. The molecule has 0 saturated heterocycles. The highest BCUT2D eigenvalue weighted by atomic mass is 19.4. The van der Waals surface area contributed by atoms with E-state index in [0.717, 1.165) is 5.56 Å². The molecule has 0 aliphatic heterocycles. The van der Waals surface area contributed by atoms with Crippen LogP contribution in [0.3, 0.4) is 0 Å². The second-order valence-corrected chi connectivity index (χ2v) is 4.55. The van der Waals surface area contributed by atoms with Gasteiger partial charge in [-0.25, -0.2) is 0 Å². The van der Waals surface area contributed by atoms with Gasteiger partial charge in [-0.15, -0.1) is 0 Å². The largest absolute Gasteiger partial charge is 0.405 e. The number of aryl methyl sites for hydroxylation is 1. The van der Waals surface area contributed by atoms with Crippen LogP contribution in [-0.4, -0.2) is 31.7 Å². The van der Waals surface area contributed by atoms with Crippen LogP contribution in [0, 0.1) is 24.2 Å². The third-order valence-electron chi connectivity index (χ3n) is 2.80. The van der Waals surface area contributed by atoms with Crippen LogP contribution in [0.4, 0.5) is 13.2 Å². The Morgan fingerprint density at radius 2 is 1.90 bits per heavy atom. The quantitative estimate of drug-likeness (QED) is 0.790. The summed E-state index contributed by atoms with van der Waals surface area (Å²) in [5.74, 6) is -2.32. The number of nitriles is 1. The smallest absolute Gasteiger partial charge is 0.351 e. The van der Waals surface area contributed by atoms with E-state index in [9.17, 15) is 18.0 Å². The number of nitrogens with one attached hydrogen (secondary N) is 2. The molecule has 0 heterocycles. The molecule has 1 unspecified atom stereocenters. The topological polar surface area (TPSA) is 64.9 Å². The monoisotopic (exact) mass is 299 g/mol. The number of halogens is 3. The van der Waals surface area contributed by atoms with Crippen LogP contribution >= 0.6 is 0 Å². The molecule has 1 amide bonds. The van der Waals surface area contributed by atoms with E-state index in [-0.39, 0.29) is 19.0 Å². The lowest BCUT2D eigenvalue weighted by Crippen LogP contribution is -2.37. The molecule has 1 atom stereocenters. The molecule has 1 aromatic carbocycles. The second kappa shape index (κ2) is 7.64. The minimum atomic E-state index is -4.53. The molecule has 0 saturated carbocycles. The van der Waals surface area contributed by atoms with Gasteiger partial charge >= 0.3 is 6.18 Å². The highest BCUT2D eigenvalue weighted by Gasteiger charge is 2.39. The van der Waals surface area contributed by atoms with Crippen molar-refractivity contribution in [2.45, 2.75) is 13.1 Å². The van der Waals surface area contributed by atoms with Crippen molar-refractivity contribution in [2.75, 3.05) is 19.6 Å². The number of nitrogens with zero attached hydrogens (tertiary/aromatic N) is 1. The number of carbonyl (C=O) groups excluding carboxylic acids is 1. The van der Waals surface area contributed by atoms with Crippen LogP contribution in [0.5, 0.6) is 0 Å². The first-order chi connectivity index (χ1) is 9.84. The maximum absolute atomic E-state index is 12.3. The molecule has 0 aromatic heterocycles. The SMILES string of the molecule is Cc1ccc(C(=O)NCCNCC(C#N)C(F)(F)F)cc1. The van der Waals surface area contributed by atoms with Crippen molar-refractivity contribution in [2.24, 2.45) is 5.92 Å². The van der Waals surface area contributed by atoms with Crippen LogP contribution < -0.4 is 10.6 Å². The van der Waals surface area contributed by atoms with Gasteiger partial charge in [0.25, 0.3) is 5.91 Å². The average molecular weight is 299 g/mol. The second-order valence-electron chi connectivity index (χ2n) is 4.55. The molecule has 0 aliphatic carbocycles. The van der Waals surface area contributed by atoms with Crippen molar-refractivity contribution in [1.29, 1.82) is 5.26 Å². The molecule has 2 N–H and O–H groups in total. The third kappa shape index (κ3) is 5.83. The van der Waals surface area contributed by atoms with Gasteiger partial charge < -0.3 is 10.6 Å². The Morgan fingerprint density at radius 1 is 1.29 bits per heavy atom. The molecule has 114 valence electrons. The number of amides is 1. The summed E-state index contributed by atoms with van der Waals surface area (Å²) < 4.78 is 36.8. The van der Waals surface area contributed by atoms with E-state index < -0.39 is 18.6 Å². The summed E-state index contributed by atoms with van der Waals surface area (Å²) in [5, 5.41) is 13.5. The van der Waals surface area contributed by atoms with E-state index in [1.165, 1.54) is 6.07 Å². The minimum absolute atomic E-state index is 0.159. The van der Waals surface area contributed by atoms with Gasteiger partial charge in [0.15, 0.2) is 5.92 Å². The van der Waals surface area contributed by atoms with Crippen molar-refractivity contribution in [1.82, 2.24) is 10.6 Å². The molecule has 0 bridgehead atoms. The molecule has 0 radical (unpaired) electrons. The first kappa shape index (κ1) is 17.0. The zero-order chi connectivity index (χ0) is 15.9. The number of hydrogen-bond acceptors (Lipinski definition) is 3. The molecule has 7 heteroatoms. The van der Waals surface area contributed by atoms with Gasteiger partial charge in [-0.05, 0) is 19.1 Å². The lowest BCUT2D eigenvalue weighted by molar-refractivity contribution is -0.157. The lowest BCUT2D eigenvalue weighted by Gasteiger charge is -2.14. The van der Waals surface area contributed by atoms with E-state index in [2.05, 4.69) is 10.6 Å². The molecule has 0 aliphatic rings. The fraction of sp³-hybridized carbons (Fsp3) is 0.429. The Labute approximate surface area is 121 Å². The summed E-state index contributed by atoms with van der Waals surface area (Å²) >= 11 is 0. The highest BCUT2D eigenvalue weighted by molar-refractivity contribution is 5.94. The Bertz CT molecular complexity index is 506. The standard InChI is InChI=1S/C14H16F3N3O/c1-10-2-4-11(5-3-10)13(21)20-7-6-19-9-12(8-18)14(15,16)17/h2-5,12,19H,6-7,9H2,1H3,(H,20,21). The van der Waals surface area contributed by atoms with E-state index in [4.69, 9.17) is 5.26 Å². The van der Waals surface area contributed by atoms with E-state index >= 15 is 0 Å². The van der Waals surface area contributed by atoms with Gasteiger partial charge in [0.05, 0.1) is 6.07 Å². The molecule has 4 nitrogen and oxygen atoms in total. The summed E-state index contributed by atoms with van der Waals surface area (Å²) in [6.45, 7) is 1.76. The number of benzene rings is 1. The van der Waals surface area contributed by atoms with Crippen LogP contribution in [0.1, 0.15) is 15.9 Å². The first-order valence-corrected chi connectivity index (χ1v) is 6.36. The summed E-state index contributed by atoms with van der Waals surface area (Å²) in [6.07, 6.45) is -4.53. The summed E-state index contributed by atoms with van der Waals surface area (Å²) in [5.41, 5.74) is 1.52. The van der Waals surface area contributed by atoms with Crippen molar-refractivity contribution < 1.29 is 18.0 Å². The predicted molar refractivity (Wildman–Crippen MR) is 71.5 cm³/mol. The summed E-state index contributed by atoms with van der Waals surface area (Å²) in [4.78, 5) is 11.7. The summed E-state index contributed by atoms with van der Waals surface area (Å²) in [7, 11) is 0. The van der Waals surface area contributed by atoms with Crippen molar-refractivity contribution in [3.63, 3.8) is 0 Å². The van der Waals surface area contributed by atoms with Gasteiger partial charge in [0, 0.05) is 25.2 Å². The zero-order valence-electron chi connectivity index (χ0n) is 11.5. The van der Waals surface area contributed by atoms with Gasteiger partial charge in [-0.2, -0.15) is 18.4 Å². The Balaban J connectivity index is 2.27. The first-order valence-electron chi connectivity index (χ1n) is 6.36. The Kier molecular flexibility index (Phi) is 6.18. The van der Waals surface area contributed by atoms with Crippen molar-refractivity contribution in [3.8, 4) is 6.07 Å². The Hall–Kier alpha value is -2.07. The summed E-state index contributed by atoms with van der Waals surface area (Å²) in [6, 6.07) is 8.15. The number of carbonyl (C=O) groups is 1. The van der Waals surface area contributed by atoms with Crippen LogP contribution in [0.2, 0.25) is 0 Å². The van der Waals surface area contributed by atoms with Crippen molar-refractivity contribution in [3.05, 3.63) is 35.4 Å². The molecule has 1 rings (SSSR count). The normalized spacial score (nSPS) is 12.5. The fourth-order valence-corrected chi connectivity index (χ4v) is 1.55. The molecule has 1 aromatic rings. The van der Waals surface area contributed by atoms with Crippen LogP contribution in [0.15, 0.2) is 24.3 Å². The van der Waals surface area contributed by atoms with Gasteiger partial charge in [0.1, 0.15) is 0 Å². The van der Waals surface area contributed by atoms with Gasteiger partial charge in [0.2, 0.25) is 0 Å². The molecule has 0 fully saturated rings. The number of hydrogen-bond donors (Lipinski definition) is 2. The van der Waals surface area contributed by atoms with Gasteiger partial charge in [-0.3, -0.25) is 4.79 Å². The maximum Gasteiger partial charge on any atom is 0.405 e. The van der Waals surface area contributed by atoms with Crippen LogP contribution in [-0.2, 0) is 0 Å². The van der Waals surface area contributed by atoms with E-state index in [1.807, 2.05) is 6.92 Å². The molecular formula is C14H16F3N3O.